The highest BCUT2D eigenvalue weighted by Gasteiger charge is 2.13. The number of esters is 1. The molecule has 0 unspecified atom stereocenters. The van der Waals surface area contributed by atoms with Crippen molar-refractivity contribution in [2.75, 3.05) is 13.2 Å². The summed E-state index contributed by atoms with van der Waals surface area (Å²) in [4.78, 5) is 24.9. The summed E-state index contributed by atoms with van der Waals surface area (Å²) >= 11 is 1.57. The van der Waals surface area contributed by atoms with E-state index in [1.54, 1.807) is 35.6 Å². The van der Waals surface area contributed by atoms with Gasteiger partial charge in [0.1, 0.15) is 5.75 Å². The van der Waals surface area contributed by atoms with Crippen LogP contribution in [0.3, 0.4) is 0 Å². The molecule has 0 spiro atoms. The standard InChI is InChI=1S/C18H21NO4S/c1-3-10-22-15-8-6-14(7-9-15)18(21)23-12-17(20)19-13(2)16-5-4-11-24-16/h4-9,11,13H,3,10,12H2,1-2H3,(H,19,20)/t13-/m0/s1. The van der Waals surface area contributed by atoms with Crippen LogP contribution in [-0.4, -0.2) is 25.1 Å². The van der Waals surface area contributed by atoms with Gasteiger partial charge in [-0.05, 0) is 49.1 Å². The molecule has 0 radical (unpaired) electrons. The van der Waals surface area contributed by atoms with Gasteiger partial charge in [-0.1, -0.05) is 13.0 Å². The van der Waals surface area contributed by atoms with Gasteiger partial charge in [0, 0.05) is 4.88 Å². The van der Waals surface area contributed by atoms with Crippen molar-refractivity contribution in [3.8, 4) is 5.75 Å². The Kier molecular flexibility index (Phi) is 6.81. The fraction of sp³-hybridized carbons (Fsp3) is 0.333. The molecule has 2 rings (SSSR count). The second kappa shape index (κ2) is 9.08. The molecule has 1 heterocycles. The maximum atomic E-state index is 11.9. The molecule has 1 atom stereocenters. The van der Waals surface area contributed by atoms with Crippen molar-refractivity contribution in [1.82, 2.24) is 5.32 Å². The monoisotopic (exact) mass is 347 g/mol. The van der Waals surface area contributed by atoms with Gasteiger partial charge in [0.2, 0.25) is 0 Å². The molecular formula is C18H21NO4S. The van der Waals surface area contributed by atoms with Crippen LogP contribution in [0.5, 0.6) is 5.75 Å². The minimum atomic E-state index is -0.532. The number of nitrogens with one attached hydrogen (secondary N) is 1. The zero-order valence-electron chi connectivity index (χ0n) is 13.8. The van der Waals surface area contributed by atoms with E-state index >= 15 is 0 Å². The number of hydrogen-bond donors (Lipinski definition) is 1. The molecule has 5 nitrogen and oxygen atoms in total. The minimum Gasteiger partial charge on any atom is -0.494 e. The van der Waals surface area contributed by atoms with Crippen LogP contribution in [0.25, 0.3) is 0 Å². The van der Waals surface area contributed by atoms with E-state index in [9.17, 15) is 9.59 Å². The van der Waals surface area contributed by atoms with Crippen LogP contribution in [-0.2, 0) is 9.53 Å². The van der Waals surface area contributed by atoms with E-state index in [1.165, 1.54) is 0 Å². The molecule has 1 amide bonds. The van der Waals surface area contributed by atoms with Gasteiger partial charge in [0.15, 0.2) is 6.61 Å². The Hall–Kier alpha value is -2.34. The van der Waals surface area contributed by atoms with E-state index < -0.39 is 5.97 Å². The van der Waals surface area contributed by atoms with Crippen molar-refractivity contribution in [1.29, 1.82) is 0 Å². The normalized spacial score (nSPS) is 11.6. The average Bonchev–Trinajstić information content (AvgIpc) is 3.13. The predicted octanol–water partition coefficient (Wildman–Crippen LogP) is 3.57. The number of carbonyl (C=O) groups excluding carboxylic acids is 2. The molecule has 0 bridgehead atoms. The highest BCUT2D eigenvalue weighted by molar-refractivity contribution is 7.10. The molecule has 1 aromatic carbocycles. The maximum absolute atomic E-state index is 11.9. The van der Waals surface area contributed by atoms with Crippen molar-refractivity contribution < 1.29 is 19.1 Å². The van der Waals surface area contributed by atoms with E-state index in [0.717, 1.165) is 11.3 Å². The van der Waals surface area contributed by atoms with Crippen LogP contribution in [0.1, 0.15) is 41.5 Å². The molecule has 6 heteroatoms. The second-order valence-corrected chi connectivity index (χ2v) is 6.23. The Bertz CT molecular complexity index is 652. The topological polar surface area (TPSA) is 64.6 Å². The number of thiophene rings is 1. The van der Waals surface area contributed by atoms with Crippen LogP contribution in [0, 0.1) is 0 Å². The van der Waals surface area contributed by atoms with Crippen LogP contribution in [0.2, 0.25) is 0 Å². The van der Waals surface area contributed by atoms with E-state index in [1.807, 2.05) is 31.4 Å². The van der Waals surface area contributed by atoms with Crippen molar-refractivity contribution >= 4 is 23.2 Å². The average molecular weight is 347 g/mol. The van der Waals surface area contributed by atoms with Gasteiger partial charge < -0.3 is 14.8 Å². The van der Waals surface area contributed by atoms with Gasteiger partial charge in [-0.15, -0.1) is 11.3 Å². The molecule has 0 aliphatic carbocycles. The second-order valence-electron chi connectivity index (χ2n) is 5.25. The Morgan fingerprint density at radius 1 is 1.21 bits per heavy atom. The van der Waals surface area contributed by atoms with Crippen molar-refractivity contribution in [3.05, 3.63) is 52.2 Å². The summed E-state index contributed by atoms with van der Waals surface area (Å²) in [6.07, 6.45) is 0.919. The summed E-state index contributed by atoms with van der Waals surface area (Å²) in [7, 11) is 0. The van der Waals surface area contributed by atoms with E-state index in [-0.39, 0.29) is 18.6 Å². The fourth-order valence-corrected chi connectivity index (χ4v) is 2.75. The van der Waals surface area contributed by atoms with Gasteiger partial charge in [0.25, 0.3) is 5.91 Å². The molecule has 128 valence electrons. The van der Waals surface area contributed by atoms with E-state index in [4.69, 9.17) is 9.47 Å². The lowest BCUT2D eigenvalue weighted by Gasteiger charge is -2.12. The summed E-state index contributed by atoms with van der Waals surface area (Å²) in [5.41, 5.74) is 0.387. The minimum absolute atomic E-state index is 0.105. The first-order valence-corrected chi connectivity index (χ1v) is 8.71. The zero-order chi connectivity index (χ0) is 17.4. The number of ether oxygens (including phenoxy) is 2. The Labute approximate surface area is 145 Å². The third-order valence-electron chi connectivity index (χ3n) is 3.24. The number of carbonyl (C=O) groups is 2. The van der Waals surface area contributed by atoms with Crippen molar-refractivity contribution in [2.45, 2.75) is 26.3 Å². The smallest absolute Gasteiger partial charge is 0.338 e. The summed E-state index contributed by atoms with van der Waals surface area (Å²) in [6, 6.07) is 10.4. The lowest BCUT2D eigenvalue weighted by molar-refractivity contribution is -0.124. The van der Waals surface area contributed by atoms with Gasteiger partial charge >= 0.3 is 5.97 Å². The van der Waals surface area contributed by atoms with Crippen LogP contribution in [0.15, 0.2) is 41.8 Å². The Morgan fingerprint density at radius 2 is 1.96 bits per heavy atom. The number of benzene rings is 1. The third kappa shape index (κ3) is 5.38. The van der Waals surface area contributed by atoms with Crippen molar-refractivity contribution in [2.24, 2.45) is 0 Å². The number of rotatable bonds is 8. The molecule has 0 aliphatic heterocycles. The van der Waals surface area contributed by atoms with E-state index in [2.05, 4.69) is 5.32 Å². The highest BCUT2D eigenvalue weighted by Crippen LogP contribution is 2.18. The molecule has 0 fully saturated rings. The maximum Gasteiger partial charge on any atom is 0.338 e. The Morgan fingerprint density at radius 3 is 2.58 bits per heavy atom. The fourth-order valence-electron chi connectivity index (χ4n) is 2.01. The molecule has 2 aromatic rings. The lowest BCUT2D eigenvalue weighted by atomic mass is 10.2. The van der Waals surface area contributed by atoms with Crippen LogP contribution in [0.4, 0.5) is 0 Å². The summed E-state index contributed by atoms with van der Waals surface area (Å²) in [5, 5.41) is 4.75. The Balaban J connectivity index is 1.78. The molecule has 24 heavy (non-hydrogen) atoms. The number of amides is 1. The molecule has 0 saturated carbocycles. The number of hydrogen-bond acceptors (Lipinski definition) is 5. The largest absolute Gasteiger partial charge is 0.494 e. The lowest BCUT2D eigenvalue weighted by Crippen LogP contribution is -2.30. The van der Waals surface area contributed by atoms with Gasteiger partial charge in [-0.25, -0.2) is 4.79 Å². The molecule has 0 saturated heterocycles. The first-order chi connectivity index (χ1) is 11.6. The summed E-state index contributed by atoms with van der Waals surface area (Å²) in [5.74, 6) is -0.154. The molecule has 1 N–H and O–H groups in total. The molecule has 1 aromatic heterocycles. The highest BCUT2D eigenvalue weighted by atomic mass is 32.1. The van der Waals surface area contributed by atoms with Crippen LogP contribution >= 0.6 is 11.3 Å². The van der Waals surface area contributed by atoms with Gasteiger partial charge in [0.05, 0.1) is 18.2 Å². The summed E-state index contributed by atoms with van der Waals surface area (Å²) in [6.45, 7) is 4.24. The van der Waals surface area contributed by atoms with Crippen LogP contribution < -0.4 is 10.1 Å². The predicted molar refractivity (Wildman–Crippen MR) is 93.4 cm³/mol. The third-order valence-corrected chi connectivity index (χ3v) is 4.30. The first-order valence-electron chi connectivity index (χ1n) is 7.83. The quantitative estimate of drug-likeness (QED) is 0.742. The molecular weight excluding hydrogens is 326 g/mol. The van der Waals surface area contributed by atoms with Gasteiger partial charge in [-0.3, -0.25) is 4.79 Å². The SMILES string of the molecule is CCCOc1ccc(C(=O)OCC(=O)N[C@@H](C)c2cccs2)cc1. The zero-order valence-corrected chi connectivity index (χ0v) is 14.6. The first kappa shape index (κ1) is 18.0. The molecule has 0 aliphatic rings. The van der Waals surface area contributed by atoms with Gasteiger partial charge in [-0.2, -0.15) is 0 Å². The summed E-state index contributed by atoms with van der Waals surface area (Å²) < 4.78 is 10.5. The van der Waals surface area contributed by atoms with E-state index in [0.29, 0.717) is 17.9 Å². The van der Waals surface area contributed by atoms with Crippen molar-refractivity contribution in [3.63, 3.8) is 0 Å².